The zero-order valence-corrected chi connectivity index (χ0v) is 11.8. The molecule has 0 amide bonds. The molecule has 0 N–H and O–H groups in total. The van der Waals surface area contributed by atoms with Crippen LogP contribution in [-0.2, 0) is 5.88 Å². The number of halogens is 1. The standard InChI is InChI=1S/C14H13ClN2O3/c1-9-4-14(10(2)3-13(9)17(18)19)20-12-5-11(6-15)7-16-8-12/h3-5,7-8H,6H2,1-2H3. The fourth-order valence-corrected chi connectivity index (χ4v) is 1.95. The lowest BCUT2D eigenvalue weighted by molar-refractivity contribution is -0.385. The van der Waals surface area contributed by atoms with Crippen molar-refractivity contribution < 1.29 is 9.66 Å². The monoisotopic (exact) mass is 292 g/mol. The Morgan fingerprint density at radius 3 is 2.65 bits per heavy atom. The second-order valence-electron chi connectivity index (χ2n) is 4.43. The third-order valence-corrected chi connectivity index (χ3v) is 3.15. The van der Waals surface area contributed by atoms with Crippen LogP contribution in [0, 0.1) is 24.0 Å². The maximum atomic E-state index is 10.9. The first-order valence-corrected chi connectivity index (χ1v) is 6.48. The average Bonchev–Trinajstić information content (AvgIpc) is 2.42. The lowest BCUT2D eigenvalue weighted by Gasteiger charge is -2.10. The molecule has 0 aliphatic heterocycles. The lowest BCUT2D eigenvalue weighted by Crippen LogP contribution is -1.96. The summed E-state index contributed by atoms with van der Waals surface area (Å²) in [7, 11) is 0. The molecule has 0 aliphatic carbocycles. The molecule has 0 unspecified atom stereocenters. The molecule has 1 heterocycles. The smallest absolute Gasteiger partial charge is 0.272 e. The van der Waals surface area contributed by atoms with E-state index in [1.54, 1.807) is 38.4 Å². The number of aryl methyl sites for hydroxylation is 2. The topological polar surface area (TPSA) is 65.3 Å². The highest BCUT2D eigenvalue weighted by molar-refractivity contribution is 6.17. The van der Waals surface area contributed by atoms with Crippen LogP contribution in [0.15, 0.2) is 30.6 Å². The van der Waals surface area contributed by atoms with Crippen LogP contribution in [0.4, 0.5) is 5.69 Å². The molecule has 0 radical (unpaired) electrons. The van der Waals surface area contributed by atoms with Gasteiger partial charge in [0.05, 0.1) is 11.1 Å². The number of alkyl halides is 1. The van der Waals surface area contributed by atoms with E-state index in [0.29, 0.717) is 28.5 Å². The van der Waals surface area contributed by atoms with Gasteiger partial charge < -0.3 is 4.74 Å². The van der Waals surface area contributed by atoms with Crippen molar-refractivity contribution in [1.29, 1.82) is 0 Å². The van der Waals surface area contributed by atoms with Crippen LogP contribution in [0.5, 0.6) is 11.5 Å². The van der Waals surface area contributed by atoms with Crippen molar-refractivity contribution >= 4 is 17.3 Å². The highest BCUT2D eigenvalue weighted by Gasteiger charge is 2.14. The van der Waals surface area contributed by atoms with Gasteiger partial charge in [0.25, 0.3) is 5.69 Å². The van der Waals surface area contributed by atoms with E-state index in [1.807, 2.05) is 0 Å². The van der Waals surface area contributed by atoms with E-state index in [2.05, 4.69) is 4.98 Å². The molecular formula is C14H13ClN2O3. The van der Waals surface area contributed by atoms with Gasteiger partial charge in [-0.05, 0) is 37.1 Å². The maximum absolute atomic E-state index is 10.9. The Hall–Kier alpha value is -2.14. The first kappa shape index (κ1) is 14.3. The Labute approximate surface area is 121 Å². The van der Waals surface area contributed by atoms with Crippen LogP contribution in [-0.4, -0.2) is 9.91 Å². The highest BCUT2D eigenvalue weighted by atomic mass is 35.5. The van der Waals surface area contributed by atoms with Gasteiger partial charge in [-0.3, -0.25) is 15.1 Å². The highest BCUT2D eigenvalue weighted by Crippen LogP contribution is 2.31. The van der Waals surface area contributed by atoms with Gasteiger partial charge in [-0.25, -0.2) is 0 Å². The number of rotatable bonds is 4. The number of hydrogen-bond donors (Lipinski definition) is 0. The minimum atomic E-state index is -0.401. The van der Waals surface area contributed by atoms with Gasteiger partial charge in [0.15, 0.2) is 0 Å². The predicted molar refractivity (Wildman–Crippen MR) is 76.4 cm³/mol. The van der Waals surface area contributed by atoms with Crippen molar-refractivity contribution in [2.45, 2.75) is 19.7 Å². The van der Waals surface area contributed by atoms with Gasteiger partial charge >= 0.3 is 0 Å². The first-order valence-electron chi connectivity index (χ1n) is 5.94. The summed E-state index contributed by atoms with van der Waals surface area (Å²) in [5, 5.41) is 10.9. The van der Waals surface area contributed by atoms with Gasteiger partial charge in [-0.2, -0.15) is 0 Å². The molecule has 0 saturated heterocycles. The van der Waals surface area contributed by atoms with E-state index < -0.39 is 4.92 Å². The summed E-state index contributed by atoms with van der Waals surface area (Å²) in [5.74, 6) is 1.48. The maximum Gasteiger partial charge on any atom is 0.272 e. The molecule has 5 nitrogen and oxygen atoms in total. The summed E-state index contributed by atoms with van der Waals surface area (Å²) in [6, 6.07) is 4.94. The Morgan fingerprint density at radius 2 is 2.00 bits per heavy atom. The van der Waals surface area contributed by atoms with Crippen LogP contribution in [0.25, 0.3) is 0 Å². The molecule has 0 fully saturated rings. The summed E-state index contributed by atoms with van der Waals surface area (Å²) in [4.78, 5) is 14.5. The van der Waals surface area contributed by atoms with E-state index in [4.69, 9.17) is 16.3 Å². The minimum Gasteiger partial charge on any atom is -0.455 e. The zero-order chi connectivity index (χ0) is 14.7. The third kappa shape index (κ3) is 3.05. The molecule has 20 heavy (non-hydrogen) atoms. The van der Waals surface area contributed by atoms with Gasteiger partial charge in [0, 0.05) is 23.7 Å². The molecule has 0 atom stereocenters. The summed E-state index contributed by atoms with van der Waals surface area (Å²) in [5.41, 5.74) is 2.18. The number of nitro benzene ring substituents is 1. The molecule has 0 saturated carbocycles. The van der Waals surface area contributed by atoms with E-state index in [1.165, 1.54) is 6.07 Å². The Morgan fingerprint density at radius 1 is 1.25 bits per heavy atom. The van der Waals surface area contributed by atoms with Crippen LogP contribution in [0.1, 0.15) is 16.7 Å². The molecule has 1 aromatic heterocycles. The molecule has 104 valence electrons. The van der Waals surface area contributed by atoms with E-state index in [9.17, 15) is 10.1 Å². The van der Waals surface area contributed by atoms with Crippen LogP contribution < -0.4 is 4.74 Å². The molecule has 0 bridgehead atoms. The minimum absolute atomic E-state index is 0.0856. The van der Waals surface area contributed by atoms with Crippen LogP contribution >= 0.6 is 11.6 Å². The zero-order valence-electron chi connectivity index (χ0n) is 11.1. The number of nitro groups is 1. The van der Waals surface area contributed by atoms with Crippen molar-refractivity contribution in [2.24, 2.45) is 0 Å². The van der Waals surface area contributed by atoms with Crippen molar-refractivity contribution in [1.82, 2.24) is 4.98 Å². The molecule has 1 aromatic carbocycles. The number of benzene rings is 1. The van der Waals surface area contributed by atoms with Crippen molar-refractivity contribution in [3.63, 3.8) is 0 Å². The molecule has 0 aliphatic rings. The predicted octanol–water partition coefficient (Wildman–Crippen LogP) is 4.14. The third-order valence-electron chi connectivity index (χ3n) is 2.84. The number of hydrogen-bond acceptors (Lipinski definition) is 4. The summed E-state index contributed by atoms with van der Waals surface area (Å²) >= 11 is 5.74. The van der Waals surface area contributed by atoms with Gasteiger partial charge in [-0.15, -0.1) is 11.6 Å². The fourth-order valence-electron chi connectivity index (χ4n) is 1.80. The Bertz CT molecular complexity index is 659. The summed E-state index contributed by atoms with van der Waals surface area (Å²) < 4.78 is 5.72. The van der Waals surface area contributed by atoms with Gasteiger partial charge in [0.1, 0.15) is 11.5 Å². The SMILES string of the molecule is Cc1cc([N+](=O)[O-])c(C)cc1Oc1cncc(CCl)c1. The fraction of sp³-hybridized carbons (Fsp3) is 0.214. The van der Waals surface area contributed by atoms with E-state index >= 15 is 0 Å². The lowest BCUT2D eigenvalue weighted by atomic mass is 10.1. The number of nitrogens with zero attached hydrogens (tertiary/aromatic N) is 2. The second-order valence-corrected chi connectivity index (χ2v) is 4.69. The van der Waals surface area contributed by atoms with Gasteiger partial charge in [-0.1, -0.05) is 0 Å². The largest absolute Gasteiger partial charge is 0.455 e. The number of pyridine rings is 1. The normalized spacial score (nSPS) is 10.3. The number of aromatic nitrogens is 1. The molecule has 0 spiro atoms. The number of ether oxygens (including phenoxy) is 1. The molecule has 2 rings (SSSR count). The van der Waals surface area contributed by atoms with Crippen molar-refractivity contribution in [3.05, 3.63) is 57.4 Å². The second kappa shape index (κ2) is 5.88. The average molecular weight is 293 g/mol. The molecular weight excluding hydrogens is 280 g/mol. The van der Waals surface area contributed by atoms with Crippen molar-refractivity contribution in [2.75, 3.05) is 0 Å². The first-order chi connectivity index (χ1) is 9.51. The van der Waals surface area contributed by atoms with E-state index in [-0.39, 0.29) is 5.69 Å². The van der Waals surface area contributed by atoms with E-state index in [0.717, 1.165) is 5.56 Å². The quantitative estimate of drug-likeness (QED) is 0.482. The molecule has 6 heteroatoms. The van der Waals surface area contributed by atoms with Crippen LogP contribution in [0.2, 0.25) is 0 Å². The van der Waals surface area contributed by atoms with Crippen LogP contribution in [0.3, 0.4) is 0 Å². The molecule has 2 aromatic rings. The van der Waals surface area contributed by atoms with Gasteiger partial charge in [0.2, 0.25) is 0 Å². The summed E-state index contributed by atoms with van der Waals surface area (Å²) in [6.07, 6.45) is 3.24. The summed E-state index contributed by atoms with van der Waals surface area (Å²) in [6.45, 7) is 3.44. The van der Waals surface area contributed by atoms with Crippen molar-refractivity contribution in [3.8, 4) is 11.5 Å². The Balaban J connectivity index is 2.34. The Kier molecular flexibility index (Phi) is 4.20.